The minimum absolute atomic E-state index is 0.473. The number of hydrazone groups is 1. The maximum absolute atomic E-state index is 12.0. The van der Waals surface area contributed by atoms with Crippen LogP contribution in [0, 0.1) is 0 Å². The minimum Gasteiger partial charge on any atom is -0.488 e. The second-order valence-corrected chi connectivity index (χ2v) is 6.87. The van der Waals surface area contributed by atoms with Crippen molar-refractivity contribution in [2.75, 3.05) is 0 Å². The van der Waals surface area contributed by atoms with Crippen LogP contribution >= 0.6 is 15.9 Å². The summed E-state index contributed by atoms with van der Waals surface area (Å²) in [7, 11) is 0. The third-order valence-corrected chi connectivity index (χ3v) is 4.56. The topological polar surface area (TPSA) is 70.9 Å². The van der Waals surface area contributed by atoms with Crippen molar-refractivity contribution >= 4 is 28.1 Å². The first-order chi connectivity index (χ1) is 13.6. The Morgan fingerprint density at radius 3 is 2.43 bits per heavy atom. The molecule has 0 spiro atoms. The molecule has 1 atom stereocenters. The van der Waals surface area contributed by atoms with Crippen LogP contribution in [0.4, 0.5) is 0 Å². The van der Waals surface area contributed by atoms with E-state index in [2.05, 4.69) is 26.5 Å². The molecular weight excluding hydrogens is 420 g/mol. The van der Waals surface area contributed by atoms with E-state index in [0.29, 0.717) is 17.9 Å². The van der Waals surface area contributed by atoms with Crippen molar-refractivity contribution in [1.82, 2.24) is 5.43 Å². The average molecular weight is 439 g/mol. The van der Waals surface area contributed by atoms with Crippen molar-refractivity contribution in [2.24, 2.45) is 5.10 Å². The molecule has 0 fully saturated rings. The average Bonchev–Trinajstić information content (AvgIpc) is 2.74. The number of rotatable bonds is 7. The summed E-state index contributed by atoms with van der Waals surface area (Å²) in [4.78, 5) is 12.0. The van der Waals surface area contributed by atoms with Crippen LogP contribution in [0.2, 0.25) is 0 Å². The van der Waals surface area contributed by atoms with Crippen molar-refractivity contribution in [3.8, 4) is 5.75 Å². The van der Waals surface area contributed by atoms with Crippen LogP contribution < -0.4 is 10.2 Å². The van der Waals surface area contributed by atoms with Gasteiger partial charge in [0.1, 0.15) is 12.4 Å². The first-order valence-electron chi connectivity index (χ1n) is 8.65. The summed E-state index contributed by atoms with van der Waals surface area (Å²) in [5.74, 6) is 0.119. The lowest BCUT2D eigenvalue weighted by atomic mass is 10.1. The van der Waals surface area contributed by atoms with Gasteiger partial charge in [-0.2, -0.15) is 5.10 Å². The van der Waals surface area contributed by atoms with Crippen LogP contribution in [-0.4, -0.2) is 17.2 Å². The molecule has 0 unspecified atom stereocenters. The summed E-state index contributed by atoms with van der Waals surface area (Å²) in [5, 5.41) is 13.9. The van der Waals surface area contributed by atoms with E-state index in [1.807, 2.05) is 54.6 Å². The van der Waals surface area contributed by atoms with Crippen LogP contribution in [0.5, 0.6) is 5.75 Å². The molecule has 0 aliphatic rings. The number of benzene rings is 3. The Morgan fingerprint density at radius 1 is 1.07 bits per heavy atom. The molecular formula is C22H19BrN2O3. The number of amides is 1. The zero-order chi connectivity index (χ0) is 19.8. The van der Waals surface area contributed by atoms with Gasteiger partial charge in [0.2, 0.25) is 0 Å². The lowest BCUT2D eigenvalue weighted by molar-refractivity contribution is -0.129. The van der Waals surface area contributed by atoms with Crippen LogP contribution in [0.15, 0.2) is 88.4 Å². The van der Waals surface area contributed by atoms with Gasteiger partial charge in [0.15, 0.2) is 6.10 Å². The number of nitrogens with one attached hydrogen (secondary N) is 1. The second kappa shape index (κ2) is 9.82. The monoisotopic (exact) mass is 438 g/mol. The number of hydrogen-bond acceptors (Lipinski definition) is 4. The Bertz CT molecular complexity index is 947. The van der Waals surface area contributed by atoms with E-state index in [1.165, 1.54) is 6.21 Å². The SMILES string of the molecule is O=C(N/N=C\c1ccc(OCc2ccccc2)c(Br)c1)[C@@H](O)c1ccccc1. The number of aliphatic hydroxyl groups excluding tert-OH is 1. The fraction of sp³-hybridized carbons (Fsp3) is 0.0909. The highest BCUT2D eigenvalue weighted by atomic mass is 79.9. The molecule has 3 aromatic rings. The van der Waals surface area contributed by atoms with Gasteiger partial charge in [-0.1, -0.05) is 60.7 Å². The van der Waals surface area contributed by atoms with E-state index in [9.17, 15) is 9.90 Å². The Hall–Kier alpha value is -2.96. The van der Waals surface area contributed by atoms with Gasteiger partial charge < -0.3 is 9.84 Å². The Kier molecular flexibility index (Phi) is 6.94. The minimum atomic E-state index is -1.26. The summed E-state index contributed by atoms with van der Waals surface area (Å²) in [6.45, 7) is 0.473. The lowest BCUT2D eigenvalue weighted by Crippen LogP contribution is -2.25. The summed E-state index contributed by atoms with van der Waals surface area (Å²) >= 11 is 3.48. The molecule has 0 bridgehead atoms. The highest BCUT2D eigenvalue weighted by Gasteiger charge is 2.15. The summed E-state index contributed by atoms with van der Waals surface area (Å²) < 4.78 is 6.59. The molecule has 1 amide bonds. The third kappa shape index (κ3) is 5.52. The van der Waals surface area contributed by atoms with Crippen LogP contribution in [0.3, 0.4) is 0 Å². The molecule has 5 nitrogen and oxygen atoms in total. The van der Waals surface area contributed by atoms with Crippen molar-refractivity contribution in [1.29, 1.82) is 0 Å². The molecule has 3 aromatic carbocycles. The van der Waals surface area contributed by atoms with Gasteiger partial charge in [0.05, 0.1) is 10.7 Å². The quantitative estimate of drug-likeness (QED) is 0.428. The van der Waals surface area contributed by atoms with Crippen LogP contribution in [0.1, 0.15) is 22.8 Å². The maximum Gasteiger partial charge on any atom is 0.273 e. The zero-order valence-electron chi connectivity index (χ0n) is 15.0. The maximum atomic E-state index is 12.0. The van der Waals surface area contributed by atoms with E-state index < -0.39 is 12.0 Å². The van der Waals surface area contributed by atoms with Crippen LogP contribution in [0.25, 0.3) is 0 Å². The third-order valence-electron chi connectivity index (χ3n) is 3.95. The number of halogens is 1. The normalized spacial score (nSPS) is 11.9. The highest BCUT2D eigenvalue weighted by molar-refractivity contribution is 9.10. The van der Waals surface area contributed by atoms with Crippen LogP contribution in [-0.2, 0) is 11.4 Å². The number of ether oxygens (including phenoxy) is 1. The highest BCUT2D eigenvalue weighted by Crippen LogP contribution is 2.26. The van der Waals surface area contributed by atoms with E-state index in [1.54, 1.807) is 24.3 Å². The molecule has 142 valence electrons. The summed E-state index contributed by atoms with van der Waals surface area (Å²) in [5.41, 5.74) is 4.71. The fourth-order valence-electron chi connectivity index (χ4n) is 2.47. The fourth-order valence-corrected chi connectivity index (χ4v) is 2.98. The standard InChI is InChI=1S/C22H19BrN2O3/c23-19-13-17(11-12-20(19)28-15-16-7-3-1-4-8-16)14-24-25-22(27)21(26)18-9-5-2-6-10-18/h1-14,21,26H,15H2,(H,25,27)/b24-14-/t21-/m0/s1. The molecule has 3 rings (SSSR count). The lowest BCUT2D eigenvalue weighted by Gasteiger charge is -2.09. The molecule has 6 heteroatoms. The summed E-state index contributed by atoms with van der Waals surface area (Å²) in [6, 6.07) is 24.1. The van der Waals surface area contributed by atoms with E-state index in [0.717, 1.165) is 15.6 Å². The molecule has 0 saturated carbocycles. The smallest absolute Gasteiger partial charge is 0.273 e. The Balaban J connectivity index is 1.55. The molecule has 0 radical (unpaired) electrons. The summed E-state index contributed by atoms with van der Waals surface area (Å²) in [6.07, 6.45) is 0.236. The first kappa shape index (κ1) is 19.8. The number of carbonyl (C=O) groups is 1. The van der Waals surface area contributed by atoms with Gasteiger partial charge in [0.25, 0.3) is 5.91 Å². The van der Waals surface area contributed by atoms with Crippen molar-refractivity contribution in [3.63, 3.8) is 0 Å². The molecule has 0 aliphatic heterocycles. The molecule has 28 heavy (non-hydrogen) atoms. The number of carbonyl (C=O) groups excluding carboxylic acids is 1. The number of hydrogen-bond donors (Lipinski definition) is 2. The van der Waals surface area contributed by atoms with E-state index >= 15 is 0 Å². The van der Waals surface area contributed by atoms with Gasteiger partial charge >= 0.3 is 0 Å². The largest absolute Gasteiger partial charge is 0.488 e. The predicted molar refractivity (Wildman–Crippen MR) is 112 cm³/mol. The van der Waals surface area contributed by atoms with E-state index in [4.69, 9.17) is 4.74 Å². The Labute approximate surface area is 171 Å². The van der Waals surface area contributed by atoms with Gasteiger partial charge in [-0.05, 0) is 50.8 Å². The van der Waals surface area contributed by atoms with E-state index in [-0.39, 0.29) is 0 Å². The first-order valence-corrected chi connectivity index (χ1v) is 9.45. The number of aliphatic hydroxyl groups is 1. The molecule has 0 aliphatic carbocycles. The molecule has 0 saturated heterocycles. The zero-order valence-corrected chi connectivity index (χ0v) is 16.5. The Morgan fingerprint density at radius 2 is 1.75 bits per heavy atom. The molecule has 2 N–H and O–H groups in total. The van der Waals surface area contributed by atoms with Gasteiger partial charge in [0, 0.05) is 0 Å². The van der Waals surface area contributed by atoms with Crippen molar-refractivity contribution in [2.45, 2.75) is 12.7 Å². The second-order valence-electron chi connectivity index (χ2n) is 6.01. The molecule has 0 heterocycles. The van der Waals surface area contributed by atoms with Crippen molar-refractivity contribution in [3.05, 3.63) is 100 Å². The van der Waals surface area contributed by atoms with Crippen molar-refractivity contribution < 1.29 is 14.6 Å². The molecule has 0 aromatic heterocycles. The van der Waals surface area contributed by atoms with Gasteiger partial charge in [-0.3, -0.25) is 4.79 Å². The predicted octanol–water partition coefficient (Wildman–Crippen LogP) is 4.21. The number of nitrogens with zero attached hydrogens (tertiary/aromatic N) is 1. The van der Waals surface area contributed by atoms with Gasteiger partial charge in [-0.15, -0.1) is 0 Å². The van der Waals surface area contributed by atoms with Gasteiger partial charge in [-0.25, -0.2) is 5.43 Å².